The maximum absolute atomic E-state index is 13.7. The zero-order valence-corrected chi connectivity index (χ0v) is 11.8. The second-order valence-electron chi connectivity index (χ2n) is 5.12. The van der Waals surface area contributed by atoms with Gasteiger partial charge in [0.2, 0.25) is 0 Å². The van der Waals surface area contributed by atoms with Crippen molar-refractivity contribution in [1.29, 1.82) is 0 Å². The van der Waals surface area contributed by atoms with Crippen molar-refractivity contribution in [3.05, 3.63) is 58.9 Å². The highest BCUT2D eigenvalue weighted by molar-refractivity contribution is 5.42. The van der Waals surface area contributed by atoms with Crippen LogP contribution < -0.4 is 9.47 Å². The van der Waals surface area contributed by atoms with Crippen LogP contribution in [0.25, 0.3) is 0 Å². The average molecular weight is 288 g/mol. The Morgan fingerprint density at radius 1 is 1.19 bits per heavy atom. The number of hydrogen-bond acceptors (Lipinski definition) is 3. The summed E-state index contributed by atoms with van der Waals surface area (Å²) in [5, 5.41) is 10.4. The van der Waals surface area contributed by atoms with Gasteiger partial charge in [-0.15, -0.1) is 0 Å². The predicted molar refractivity (Wildman–Crippen MR) is 77.3 cm³/mol. The fourth-order valence-electron chi connectivity index (χ4n) is 2.60. The molecule has 110 valence electrons. The number of aryl methyl sites for hydroxylation is 1. The lowest BCUT2D eigenvalue weighted by Crippen LogP contribution is -2.09. The lowest BCUT2D eigenvalue weighted by atomic mass is 9.97. The minimum Gasteiger partial charge on any atom is -0.494 e. The van der Waals surface area contributed by atoms with Crippen LogP contribution in [0.3, 0.4) is 0 Å². The molecule has 0 amide bonds. The molecule has 2 aromatic carbocycles. The van der Waals surface area contributed by atoms with E-state index in [9.17, 15) is 9.50 Å². The SMILES string of the molecule is COc1ccc(C(O)c2ccc3c(c2)CCCO3)cc1F. The molecule has 2 aromatic rings. The quantitative estimate of drug-likeness (QED) is 0.942. The summed E-state index contributed by atoms with van der Waals surface area (Å²) < 4.78 is 24.2. The summed E-state index contributed by atoms with van der Waals surface area (Å²) in [7, 11) is 1.41. The molecule has 0 radical (unpaired) electrons. The second-order valence-corrected chi connectivity index (χ2v) is 5.12. The van der Waals surface area contributed by atoms with Crippen molar-refractivity contribution in [3.8, 4) is 11.5 Å². The lowest BCUT2D eigenvalue weighted by Gasteiger charge is -2.20. The summed E-state index contributed by atoms with van der Waals surface area (Å²) >= 11 is 0. The van der Waals surface area contributed by atoms with Crippen LogP contribution in [0.1, 0.15) is 29.2 Å². The van der Waals surface area contributed by atoms with E-state index in [-0.39, 0.29) is 5.75 Å². The second kappa shape index (κ2) is 5.74. The summed E-state index contributed by atoms with van der Waals surface area (Å²) in [5.74, 6) is 0.568. The van der Waals surface area contributed by atoms with Crippen molar-refractivity contribution in [1.82, 2.24) is 0 Å². The van der Waals surface area contributed by atoms with E-state index in [0.717, 1.165) is 36.3 Å². The number of methoxy groups -OCH3 is 1. The summed E-state index contributed by atoms with van der Waals surface area (Å²) in [6.07, 6.45) is 1.05. The van der Waals surface area contributed by atoms with Gasteiger partial charge in [0.25, 0.3) is 0 Å². The smallest absolute Gasteiger partial charge is 0.165 e. The van der Waals surface area contributed by atoms with E-state index < -0.39 is 11.9 Å². The highest BCUT2D eigenvalue weighted by atomic mass is 19.1. The topological polar surface area (TPSA) is 38.7 Å². The first kappa shape index (κ1) is 13.9. The van der Waals surface area contributed by atoms with E-state index in [1.165, 1.54) is 19.2 Å². The molecule has 1 heterocycles. The fraction of sp³-hybridized carbons (Fsp3) is 0.294. The first-order valence-corrected chi connectivity index (χ1v) is 6.96. The van der Waals surface area contributed by atoms with Gasteiger partial charge in [-0.25, -0.2) is 4.39 Å². The molecule has 1 aliphatic heterocycles. The van der Waals surface area contributed by atoms with Gasteiger partial charge < -0.3 is 14.6 Å². The first-order chi connectivity index (χ1) is 10.2. The molecule has 0 bridgehead atoms. The number of benzene rings is 2. The molecule has 0 saturated heterocycles. The van der Waals surface area contributed by atoms with Gasteiger partial charge in [0, 0.05) is 0 Å². The number of aliphatic hydroxyl groups excluding tert-OH is 1. The van der Waals surface area contributed by atoms with E-state index in [1.807, 2.05) is 18.2 Å². The zero-order valence-electron chi connectivity index (χ0n) is 11.8. The first-order valence-electron chi connectivity index (χ1n) is 6.96. The molecule has 0 fully saturated rings. The van der Waals surface area contributed by atoms with Gasteiger partial charge in [-0.2, -0.15) is 0 Å². The largest absolute Gasteiger partial charge is 0.494 e. The lowest BCUT2D eigenvalue weighted by molar-refractivity contribution is 0.218. The van der Waals surface area contributed by atoms with E-state index in [1.54, 1.807) is 6.07 Å². The number of halogens is 1. The van der Waals surface area contributed by atoms with Crippen LogP contribution >= 0.6 is 0 Å². The molecular weight excluding hydrogens is 271 g/mol. The Hall–Kier alpha value is -2.07. The number of aliphatic hydroxyl groups is 1. The van der Waals surface area contributed by atoms with Crippen molar-refractivity contribution < 1.29 is 19.0 Å². The van der Waals surface area contributed by atoms with Gasteiger partial charge in [-0.1, -0.05) is 12.1 Å². The third-order valence-electron chi connectivity index (χ3n) is 3.74. The standard InChI is InChI=1S/C17H17FO3/c1-20-16-7-5-13(10-14(16)18)17(19)12-4-6-15-11(9-12)3-2-8-21-15/h4-7,9-10,17,19H,2-3,8H2,1H3. The highest BCUT2D eigenvalue weighted by Crippen LogP contribution is 2.31. The number of rotatable bonds is 3. The van der Waals surface area contributed by atoms with Crippen molar-refractivity contribution in [2.24, 2.45) is 0 Å². The molecule has 1 atom stereocenters. The molecule has 1 aliphatic rings. The predicted octanol–water partition coefficient (Wildman–Crippen LogP) is 3.24. The Kier molecular flexibility index (Phi) is 3.80. The van der Waals surface area contributed by atoms with Gasteiger partial charge >= 0.3 is 0 Å². The van der Waals surface area contributed by atoms with Gasteiger partial charge in [-0.05, 0) is 53.8 Å². The molecule has 0 spiro atoms. The van der Waals surface area contributed by atoms with Crippen LogP contribution in [-0.4, -0.2) is 18.8 Å². The Morgan fingerprint density at radius 2 is 1.95 bits per heavy atom. The monoisotopic (exact) mass is 288 g/mol. The Balaban J connectivity index is 1.91. The van der Waals surface area contributed by atoms with Crippen LogP contribution in [0.4, 0.5) is 4.39 Å². The van der Waals surface area contributed by atoms with Crippen LogP contribution in [0.5, 0.6) is 11.5 Å². The molecule has 1 unspecified atom stereocenters. The molecule has 0 saturated carbocycles. The highest BCUT2D eigenvalue weighted by Gasteiger charge is 2.17. The van der Waals surface area contributed by atoms with E-state index in [2.05, 4.69) is 0 Å². The third-order valence-corrected chi connectivity index (χ3v) is 3.74. The molecule has 1 N–H and O–H groups in total. The molecule has 3 rings (SSSR count). The van der Waals surface area contributed by atoms with Crippen LogP contribution in [0.15, 0.2) is 36.4 Å². The summed E-state index contributed by atoms with van der Waals surface area (Å²) in [6, 6.07) is 10.1. The molecular formula is C17H17FO3. The average Bonchev–Trinajstić information content (AvgIpc) is 2.53. The fourth-order valence-corrected chi connectivity index (χ4v) is 2.60. The Morgan fingerprint density at radius 3 is 2.71 bits per heavy atom. The minimum atomic E-state index is -0.863. The van der Waals surface area contributed by atoms with Crippen LogP contribution in [-0.2, 0) is 6.42 Å². The minimum absolute atomic E-state index is 0.171. The van der Waals surface area contributed by atoms with Gasteiger partial charge in [0.1, 0.15) is 11.9 Å². The summed E-state index contributed by atoms with van der Waals surface area (Å²) in [4.78, 5) is 0. The van der Waals surface area contributed by atoms with Crippen LogP contribution in [0, 0.1) is 5.82 Å². The normalized spacial score (nSPS) is 15.0. The Bertz CT molecular complexity index is 654. The summed E-state index contributed by atoms with van der Waals surface area (Å²) in [6.45, 7) is 0.735. The van der Waals surface area contributed by atoms with E-state index in [4.69, 9.17) is 9.47 Å². The van der Waals surface area contributed by atoms with Gasteiger partial charge in [0.15, 0.2) is 11.6 Å². The van der Waals surface area contributed by atoms with E-state index in [0.29, 0.717) is 5.56 Å². The molecule has 0 aromatic heterocycles. The van der Waals surface area contributed by atoms with Crippen LogP contribution in [0.2, 0.25) is 0 Å². The molecule has 0 aliphatic carbocycles. The van der Waals surface area contributed by atoms with Gasteiger partial charge in [-0.3, -0.25) is 0 Å². The van der Waals surface area contributed by atoms with Crippen molar-refractivity contribution in [2.75, 3.05) is 13.7 Å². The van der Waals surface area contributed by atoms with Crippen molar-refractivity contribution in [2.45, 2.75) is 18.9 Å². The zero-order chi connectivity index (χ0) is 14.8. The number of ether oxygens (including phenoxy) is 2. The van der Waals surface area contributed by atoms with Gasteiger partial charge in [0.05, 0.1) is 13.7 Å². The molecule has 3 nitrogen and oxygen atoms in total. The molecule has 4 heteroatoms. The molecule has 21 heavy (non-hydrogen) atoms. The maximum atomic E-state index is 13.7. The van der Waals surface area contributed by atoms with E-state index >= 15 is 0 Å². The Labute approximate surface area is 122 Å². The number of hydrogen-bond donors (Lipinski definition) is 1. The third kappa shape index (κ3) is 2.72. The summed E-state index contributed by atoms with van der Waals surface area (Å²) in [5.41, 5.74) is 2.33. The van der Waals surface area contributed by atoms with Crippen molar-refractivity contribution >= 4 is 0 Å². The number of fused-ring (bicyclic) bond motifs is 1. The van der Waals surface area contributed by atoms with Crippen molar-refractivity contribution in [3.63, 3.8) is 0 Å². The maximum Gasteiger partial charge on any atom is 0.165 e.